The molecule has 0 spiro atoms. The number of piperidine rings is 2. The van der Waals surface area contributed by atoms with Gasteiger partial charge in [-0.25, -0.2) is 0 Å². The van der Waals surface area contributed by atoms with Crippen molar-refractivity contribution in [2.24, 2.45) is 5.92 Å². The number of carbonyl (C=O) groups excluding carboxylic acids is 1. The Hall–Kier alpha value is -0.0700. The number of nitrogens with zero attached hydrogens (tertiary/aromatic N) is 2. The second-order valence-corrected chi connectivity index (χ2v) is 6.68. The fourth-order valence-corrected chi connectivity index (χ4v) is 4.28. The first-order valence-electron chi connectivity index (χ1n) is 8.55. The summed E-state index contributed by atoms with van der Waals surface area (Å²) < 4.78 is 5.49. The highest BCUT2D eigenvalue weighted by atomic mass is 35.5. The van der Waals surface area contributed by atoms with Gasteiger partial charge in [-0.1, -0.05) is 0 Å². The van der Waals surface area contributed by atoms with Crippen molar-refractivity contribution in [3.8, 4) is 0 Å². The fraction of sp³-hybridized carbons (Fsp3) is 0.938. The summed E-state index contributed by atoms with van der Waals surface area (Å²) in [6.07, 6.45) is 5.34. The van der Waals surface area contributed by atoms with Gasteiger partial charge in [0.25, 0.3) is 0 Å². The van der Waals surface area contributed by atoms with Crippen LogP contribution in [0, 0.1) is 5.92 Å². The van der Waals surface area contributed by atoms with Crippen LogP contribution in [0.2, 0.25) is 0 Å². The van der Waals surface area contributed by atoms with Crippen molar-refractivity contribution in [1.82, 2.24) is 15.1 Å². The summed E-state index contributed by atoms with van der Waals surface area (Å²) in [5.74, 6) is 1.04. The van der Waals surface area contributed by atoms with Gasteiger partial charge in [-0.3, -0.25) is 9.69 Å². The number of halogens is 2. The highest BCUT2D eigenvalue weighted by molar-refractivity contribution is 5.85. The largest absolute Gasteiger partial charge is 0.381 e. The quantitative estimate of drug-likeness (QED) is 0.818. The minimum atomic E-state index is 0. The smallest absolute Gasteiger partial charge is 0.222 e. The van der Waals surface area contributed by atoms with Crippen LogP contribution in [-0.2, 0) is 9.53 Å². The second kappa shape index (κ2) is 10.0. The van der Waals surface area contributed by atoms with Crippen LogP contribution in [0.4, 0.5) is 0 Å². The molecule has 0 unspecified atom stereocenters. The van der Waals surface area contributed by atoms with Crippen molar-refractivity contribution in [1.29, 1.82) is 0 Å². The summed E-state index contributed by atoms with van der Waals surface area (Å²) in [7, 11) is 1.96. The predicted molar refractivity (Wildman–Crippen MR) is 96.7 cm³/mol. The van der Waals surface area contributed by atoms with Crippen molar-refractivity contribution < 1.29 is 9.53 Å². The van der Waals surface area contributed by atoms with Crippen molar-refractivity contribution in [3.05, 3.63) is 0 Å². The number of rotatable bonds is 4. The number of hydrogen-bond donors (Lipinski definition) is 1. The maximum absolute atomic E-state index is 12.2. The fourth-order valence-electron chi connectivity index (χ4n) is 4.28. The highest BCUT2D eigenvalue weighted by Gasteiger charge is 2.40. The van der Waals surface area contributed by atoms with Crippen molar-refractivity contribution >= 4 is 30.7 Å². The minimum absolute atomic E-state index is 0. The molecule has 0 bridgehead atoms. The summed E-state index contributed by atoms with van der Waals surface area (Å²) in [4.78, 5) is 17.0. The normalized spacial score (nSPS) is 29.4. The number of nitrogens with one attached hydrogen (secondary N) is 1. The zero-order valence-electron chi connectivity index (χ0n) is 14.0. The van der Waals surface area contributed by atoms with Gasteiger partial charge in [-0.15, -0.1) is 24.8 Å². The molecule has 0 saturated carbocycles. The first-order chi connectivity index (χ1) is 10.3. The number of carbonyl (C=O) groups is 1. The number of amides is 1. The Morgan fingerprint density at radius 2 is 1.91 bits per heavy atom. The molecule has 3 rings (SSSR count). The molecule has 136 valence electrons. The van der Waals surface area contributed by atoms with Gasteiger partial charge in [0.2, 0.25) is 5.91 Å². The SMILES string of the molecule is CNCCN1C(=O)CC[C@H]2CN(C3CCOCC3)CC[C@H]21.Cl.Cl. The Morgan fingerprint density at radius 3 is 2.61 bits per heavy atom. The Morgan fingerprint density at radius 1 is 1.17 bits per heavy atom. The van der Waals surface area contributed by atoms with E-state index in [1.807, 2.05) is 7.05 Å². The number of likely N-dealkylation sites (N-methyl/N-ethyl adjacent to an activating group) is 1. The van der Waals surface area contributed by atoms with Crippen LogP contribution in [0.5, 0.6) is 0 Å². The van der Waals surface area contributed by atoms with Gasteiger partial charge in [0.15, 0.2) is 0 Å². The molecule has 3 aliphatic heterocycles. The molecule has 23 heavy (non-hydrogen) atoms. The van der Waals surface area contributed by atoms with Crippen LogP contribution in [0.15, 0.2) is 0 Å². The highest BCUT2D eigenvalue weighted by Crippen LogP contribution is 2.33. The van der Waals surface area contributed by atoms with Gasteiger partial charge < -0.3 is 15.0 Å². The molecule has 0 aliphatic carbocycles. The third-order valence-corrected chi connectivity index (χ3v) is 5.48. The van der Waals surface area contributed by atoms with E-state index in [1.54, 1.807) is 0 Å². The number of hydrogen-bond acceptors (Lipinski definition) is 4. The Kier molecular flexibility index (Phi) is 9.16. The van der Waals surface area contributed by atoms with Crippen LogP contribution >= 0.6 is 24.8 Å². The van der Waals surface area contributed by atoms with E-state index in [1.165, 1.54) is 19.4 Å². The van der Waals surface area contributed by atoms with E-state index in [4.69, 9.17) is 4.74 Å². The lowest BCUT2D eigenvalue weighted by atomic mass is 9.82. The van der Waals surface area contributed by atoms with Crippen LogP contribution < -0.4 is 5.32 Å². The molecule has 2 atom stereocenters. The average Bonchev–Trinajstić information content (AvgIpc) is 2.54. The lowest BCUT2D eigenvalue weighted by Gasteiger charge is -2.49. The molecule has 3 heterocycles. The standard InChI is InChI=1S/C16H29N3O2.2ClH/c1-17-7-9-19-15-4-8-18(14-5-10-21-11-6-14)12-13(15)2-3-16(19)20;;/h13-15,17H,2-12H2,1H3;2*1H/t13-,15+;;/m0../s1. The molecule has 5 nitrogen and oxygen atoms in total. The first-order valence-corrected chi connectivity index (χ1v) is 8.55. The Bertz CT molecular complexity index is 367. The number of likely N-dealkylation sites (tertiary alicyclic amines) is 2. The molecule has 0 radical (unpaired) electrons. The molecule has 1 amide bonds. The molecule has 0 aromatic rings. The van der Waals surface area contributed by atoms with Gasteiger partial charge >= 0.3 is 0 Å². The van der Waals surface area contributed by atoms with E-state index in [0.29, 0.717) is 23.9 Å². The summed E-state index contributed by atoms with van der Waals surface area (Å²) in [5, 5.41) is 3.17. The summed E-state index contributed by atoms with van der Waals surface area (Å²) in [5.41, 5.74) is 0. The first kappa shape index (κ1) is 21.0. The Balaban J connectivity index is 0.00000132. The summed E-state index contributed by atoms with van der Waals surface area (Å²) in [6, 6.07) is 1.19. The second-order valence-electron chi connectivity index (χ2n) is 6.68. The van der Waals surface area contributed by atoms with Crippen LogP contribution in [0.25, 0.3) is 0 Å². The lowest BCUT2D eigenvalue weighted by Crippen LogP contribution is -2.58. The topological polar surface area (TPSA) is 44.8 Å². The summed E-state index contributed by atoms with van der Waals surface area (Å²) >= 11 is 0. The molecule has 7 heteroatoms. The van der Waals surface area contributed by atoms with E-state index in [2.05, 4.69) is 15.1 Å². The average molecular weight is 368 g/mol. The van der Waals surface area contributed by atoms with Crippen LogP contribution in [-0.4, -0.2) is 74.2 Å². The Labute approximate surface area is 152 Å². The number of ether oxygens (including phenoxy) is 1. The maximum Gasteiger partial charge on any atom is 0.222 e. The molecular formula is C16H31Cl2N3O2. The van der Waals surface area contributed by atoms with Crippen molar-refractivity contribution in [2.75, 3.05) is 46.4 Å². The summed E-state index contributed by atoms with van der Waals surface area (Å²) in [6.45, 7) is 5.93. The maximum atomic E-state index is 12.2. The van der Waals surface area contributed by atoms with Gasteiger partial charge in [0, 0.05) is 57.9 Å². The van der Waals surface area contributed by atoms with Gasteiger partial charge in [0.1, 0.15) is 0 Å². The predicted octanol–water partition coefficient (Wildman–Crippen LogP) is 1.54. The van der Waals surface area contributed by atoms with Gasteiger partial charge in [0.05, 0.1) is 0 Å². The zero-order chi connectivity index (χ0) is 14.7. The third-order valence-electron chi connectivity index (χ3n) is 5.48. The van der Waals surface area contributed by atoms with Crippen LogP contribution in [0.3, 0.4) is 0 Å². The lowest BCUT2D eigenvalue weighted by molar-refractivity contribution is -0.141. The van der Waals surface area contributed by atoms with E-state index in [0.717, 1.165) is 52.1 Å². The molecule has 1 N–H and O–H groups in total. The molecule has 3 aliphatic rings. The van der Waals surface area contributed by atoms with Gasteiger partial charge in [-0.05, 0) is 38.6 Å². The molecular weight excluding hydrogens is 337 g/mol. The molecule has 3 fully saturated rings. The van der Waals surface area contributed by atoms with Crippen molar-refractivity contribution in [2.45, 2.75) is 44.2 Å². The van der Waals surface area contributed by atoms with E-state index in [9.17, 15) is 4.79 Å². The van der Waals surface area contributed by atoms with Crippen molar-refractivity contribution in [3.63, 3.8) is 0 Å². The molecule has 3 saturated heterocycles. The van der Waals surface area contributed by atoms with Crippen LogP contribution in [0.1, 0.15) is 32.1 Å². The molecule has 0 aromatic heterocycles. The third kappa shape index (κ3) is 4.95. The molecule has 0 aromatic carbocycles. The van der Waals surface area contributed by atoms with E-state index >= 15 is 0 Å². The van der Waals surface area contributed by atoms with Gasteiger partial charge in [-0.2, -0.15) is 0 Å². The minimum Gasteiger partial charge on any atom is -0.381 e. The number of fused-ring (bicyclic) bond motifs is 1. The monoisotopic (exact) mass is 367 g/mol. The van der Waals surface area contributed by atoms with E-state index in [-0.39, 0.29) is 24.8 Å². The van der Waals surface area contributed by atoms with E-state index < -0.39 is 0 Å². The zero-order valence-corrected chi connectivity index (χ0v) is 15.7.